The van der Waals surface area contributed by atoms with Crippen molar-refractivity contribution in [3.8, 4) is 0 Å². The second-order valence-corrected chi connectivity index (χ2v) is 8.54. The molecule has 0 heterocycles. The maximum atomic E-state index is 11.0. The fourth-order valence-electron chi connectivity index (χ4n) is 5.87. The van der Waals surface area contributed by atoms with Crippen LogP contribution in [0.1, 0.15) is 59.3 Å². The predicted molar refractivity (Wildman–Crippen MR) is 83.6 cm³/mol. The van der Waals surface area contributed by atoms with Crippen molar-refractivity contribution in [1.82, 2.24) is 4.90 Å². The molecular formula is C18H33NO. The number of aliphatic hydroxyl groups is 1. The lowest BCUT2D eigenvalue weighted by atomic mass is 9.48. The number of rotatable bonds is 6. The third-order valence-corrected chi connectivity index (χ3v) is 6.29. The van der Waals surface area contributed by atoms with E-state index in [0.717, 1.165) is 37.4 Å². The highest BCUT2D eigenvalue weighted by Crippen LogP contribution is 2.61. The fraction of sp³-hybridized carbons (Fsp3) is 1.00. The molecule has 2 heteroatoms. The first-order valence-electron chi connectivity index (χ1n) is 8.91. The Morgan fingerprint density at radius 2 is 1.50 bits per heavy atom. The van der Waals surface area contributed by atoms with E-state index >= 15 is 0 Å². The van der Waals surface area contributed by atoms with Crippen LogP contribution in [0.2, 0.25) is 0 Å². The van der Waals surface area contributed by atoms with Gasteiger partial charge in [-0.15, -0.1) is 0 Å². The van der Waals surface area contributed by atoms with Crippen LogP contribution in [0.3, 0.4) is 0 Å². The molecule has 0 aromatic rings. The van der Waals surface area contributed by atoms with E-state index in [1.807, 2.05) is 0 Å². The van der Waals surface area contributed by atoms with Gasteiger partial charge in [-0.3, -0.25) is 0 Å². The molecule has 20 heavy (non-hydrogen) atoms. The molecule has 116 valence electrons. The fourth-order valence-corrected chi connectivity index (χ4v) is 5.87. The minimum atomic E-state index is -0.0883. The molecule has 0 spiro atoms. The Balaban J connectivity index is 1.65. The lowest BCUT2D eigenvalue weighted by Crippen LogP contribution is -2.54. The number of aliphatic hydroxyl groups excluding tert-OH is 1. The molecule has 4 bridgehead atoms. The van der Waals surface area contributed by atoms with E-state index in [-0.39, 0.29) is 6.10 Å². The van der Waals surface area contributed by atoms with Gasteiger partial charge in [-0.25, -0.2) is 0 Å². The van der Waals surface area contributed by atoms with Gasteiger partial charge in [0.2, 0.25) is 0 Å². The topological polar surface area (TPSA) is 23.5 Å². The smallest absolute Gasteiger partial charge is 0.0723 e. The van der Waals surface area contributed by atoms with Gasteiger partial charge in [0.25, 0.3) is 0 Å². The van der Waals surface area contributed by atoms with E-state index < -0.39 is 0 Å². The van der Waals surface area contributed by atoms with Gasteiger partial charge in [0, 0.05) is 13.1 Å². The van der Waals surface area contributed by atoms with Crippen molar-refractivity contribution in [1.29, 1.82) is 0 Å². The molecule has 4 aliphatic rings. The summed E-state index contributed by atoms with van der Waals surface area (Å²) in [6.45, 7) is 9.89. The molecule has 0 aromatic carbocycles. The summed E-state index contributed by atoms with van der Waals surface area (Å²) in [6.07, 6.45) is 8.27. The summed E-state index contributed by atoms with van der Waals surface area (Å²) in [4.78, 5) is 2.47. The first-order chi connectivity index (χ1) is 9.50. The Bertz CT molecular complexity index is 303. The standard InChI is InChI=1S/C18H33NO/c1-4-19(11-13(2)3)12-17(20)18-8-14-5-15(9-18)7-16(6-14)10-18/h13-17,20H,4-12H2,1-3H3. The van der Waals surface area contributed by atoms with Crippen LogP contribution in [0.4, 0.5) is 0 Å². The monoisotopic (exact) mass is 279 g/mol. The number of hydrogen-bond donors (Lipinski definition) is 1. The summed E-state index contributed by atoms with van der Waals surface area (Å²) in [5, 5.41) is 11.0. The van der Waals surface area contributed by atoms with Gasteiger partial charge in [0.1, 0.15) is 0 Å². The van der Waals surface area contributed by atoms with Crippen molar-refractivity contribution >= 4 is 0 Å². The average Bonchev–Trinajstić information content (AvgIpc) is 2.35. The molecule has 1 unspecified atom stereocenters. The van der Waals surface area contributed by atoms with E-state index in [1.54, 1.807) is 0 Å². The highest BCUT2D eigenvalue weighted by Gasteiger charge is 2.53. The van der Waals surface area contributed by atoms with Crippen LogP contribution in [-0.2, 0) is 0 Å². The third-order valence-electron chi connectivity index (χ3n) is 6.29. The van der Waals surface area contributed by atoms with E-state index in [0.29, 0.717) is 11.3 Å². The van der Waals surface area contributed by atoms with Gasteiger partial charge >= 0.3 is 0 Å². The largest absolute Gasteiger partial charge is 0.391 e. The van der Waals surface area contributed by atoms with Crippen LogP contribution in [-0.4, -0.2) is 35.7 Å². The summed E-state index contributed by atoms with van der Waals surface area (Å²) >= 11 is 0. The van der Waals surface area contributed by atoms with Gasteiger partial charge < -0.3 is 10.0 Å². The van der Waals surface area contributed by atoms with Gasteiger partial charge in [-0.2, -0.15) is 0 Å². The maximum absolute atomic E-state index is 11.0. The molecule has 0 amide bonds. The Hall–Kier alpha value is -0.0800. The van der Waals surface area contributed by atoms with Crippen LogP contribution in [0, 0.1) is 29.1 Å². The molecule has 0 saturated heterocycles. The highest BCUT2D eigenvalue weighted by molar-refractivity contribution is 5.04. The van der Waals surface area contributed by atoms with Crippen LogP contribution in [0.5, 0.6) is 0 Å². The molecule has 4 saturated carbocycles. The quantitative estimate of drug-likeness (QED) is 0.804. The summed E-state index contributed by atoms with van der Waals surface area (Å²) in [7, 11) is 0. The summed E-state index contributed by atoms with van der Waals surface area (Å²) in [5.41, 5.74) is 0.291. The zero-order valence-electron chi connectivity index (χ0n) is 13.6. The molecule has 2 nitrogen and oxygen atoms in total. The molecule has 0 radical (unpaired) electrons. The maximum Gasteiger partial charge on any atom is 0.0723 e. The average molecular weight is 279 g/mol. The van der Waals surface area contributed by atoms with Crippen molar-refractivity contribution in [2.24, 2.45) is 29.1 Å². The third kappa shape index (κ3) is 2.78. The van der Waals surface area contributed by atoms with Crippen molar-refractivity contribution in [3.63, 3.8) is 0 Å². The van der Waals surface area contributed by atoms with Crippen molar-refractivity contribution in [2.45, 2.75) is 65.4 Å². The minimum Gasteiger partial charge on any atom is -0.391 e. The Labute approximate surface area is 124 Å². The van der Waals surface area contributed by atoms with Crippen LogP contribution < -0.4 is 0 Å². The lowest BCUT2D eigenvalue weighted by molar-refractivity contribution is -0.126. The minimum absolute atomic E-state index is 0.0883. The molecule has 1 N–H and O–H groups in total. The first kappa shape index (κ1) is 14.8. The van der Waals surface area contributed by atoms with Gasteiger partial charge in [-0.1, -0.05) is 20.8 Å². The van der Waals surface area contributed by atoms with Crippen LogP contribution >= 0.6 is 0 Å². The second-order valence-electron chi connectivity index (χ2n) is 8.54. The van der Waals surface area contributed by atoms with Gasteiger partial charge in [0.05, 0.1) is 6.10 Å². The van der Waals surface area contributed by atoms with Gasteiger partial charge in [-0.05, 0) is 74.2 Å². The molecule has 4 aliphatic carbocycles. The van der Waals surface area contributed by atoms with Gasteiger partial charge in [0.15, 0.2) is 0 Å². The van der Waals surface area contributed by atoms with E-state index in [9.17, 15) is 5.11 Å². The van der Waals surface area contributed by atoms with Crippen LogP contribution in [0.25, 0.3) is 0 Å². The molecular weight excluding hydrogens is 246 g/mol. The van der Waals surface area contributed by atoms with Crippen molar-refractivity contribution in [3.05, 3.63) is 0 Å². The Morgan fingerprint density at radius 3 is 1.90 bits per heavy atom. The van der Waals surface area contributed by atoms with Crippen LogP contribution in [0.15, 0.2) is 0 Å². The summed E-state index contributed by atoms with van der Waals surface area (Å²) in [5.74, 6) is 3.52. The highest BCUT2D eigenvalue weighted by atomic mass is 16.3. The van der Waals surface area contributed by atoms with Crippen molar-refractivity contribution < 1.29 is 5.11 Å². The number of nitrogens with zero attached hydrogens (tertiary/aromatic N) is 1. The summed E-state index contributed by atoms with van der Waals surface area (Å²) in [6, 6.07) is 0. The van der Waals surface area contributed by atoms with E-state index in [4.69, 9.17) is 0 Å². The van der Waals surface area contributed by atoms with E-state index in [1.165, 1.54) is 38.5 Å². The molecule has 4 fully saturated rings. The number of likely N-dealkylation sites (N-methyl/N-ethyl adjacent to an activating group) is 1. The zero-order valence-corrected chi connectivity index (χ0v) is 13.6. The zero-order chi connectivity index (χ0) is 14.3. The SMILES string of the molecule is CCN(CC(C)C)CC(O)C12CC3CC(CC(C3)C1)C2. The normalized spacial score (nSPS) is 40.8. The summed E-state index contributed by atoms with van der Waals surface area (Å²) < 4.78 is 0. The number of hydrogen-bond acceptors (Lipinski definition) is 2. The lowest BCUT2D eigenvalue weighted by Gasteiger charge is -2.58. The van der Waals surface area contributed by atoms with E-state index in [2.05, 4.69) is 25.7 Å². The molecule has 0 aliphatic heterocycles. The Kier molecular flexibility index (Phi) is 4.16. The first-order valence-corrected chi connectivity index (χ1v) is 8.91. The second kappa shape index (κ2) is 5.61. The molecule has 4 rings (SSSR count). The molecule has 0 aromatic heterocycles. The molecule has 1 atom stereocenters. The Morgan fingerprint density at radius 1 is 1.00 bits per heavy atom. The predicted octanol–water partition coefficient (Wildman–Crippen LogP) is 3.54. The van der Waals surface area contributed by atoms with Crippen molar-refractivity contribution in [2.75, 3.05) is 19.6 Å².